The average molecular weight is 296 g/mol. The summed E-state index contributed by atoms with van der Waals surface area (Å²) in [4.78, 5) is 15.1. The molecule has 3 heterocycles. The van der Waals surface area contributed by atoms with Gasteiger partial charge in [0.25, 0.3) is 0 Å². The molecule has 0 unspecified atom stereocenters. The Kier molecular flexibility index (Phi) is 3.47. The Labute approximate surface area is 118 Å². The quantitative estimate of drug-likeness (QED) is 0.355. The lowest BCUT2D eigenvalue weighted by molar-refractivity contribution is -0.0832. The minimum atomic E-state index is -1.25. The first-order chi connectivity index (χ1) is 10.0. The van der Waals surface area contributed by atoms with Gasteiger partial charge in [-0.25, -0.2) is 15.0 Å². The van der Waals surface area contributed by atoms with E-state index in [4.69, 9.17) is 21.3 Å². The smallest absolute Gasteiger partial charge is 0.183 e. The van der Waals surface area contributed by atoms with Gasteiger partial charge in [0.15, 0.2) is 17.3 Å². The fraction of sp³-hybridized carbons (Fsp3) is 0.545. The van der Waals surface area contributed by atoms with Gasteiger partial charge in [-0.2, -0.15) is 0 Å². The number of hydrogen-bond acceptors (Lipinski definition) is 9. The van der Waals surface area contributed by atoms with E-state index in [1.54, 1.807) is 0 Å². The van der Waals surface area contributed by atoms with E-state index in [-0.39, 0.29) is 11.6 Å². The molecular weight excluding hydrogens is 280 g/mol. The van der Waals surface area contributed by atoms with E-state index in [1.807, 2.05) is 0 Å². The van der Waals surface area contributed by atoms with Crippen LogP contribution in [0.2, 0.25) is 0 Å². The minimum absolute atomic E-state index is 0.172. The van der Waals surface area contributed by atoms with Crippen LogP contribution in [0.5, 0.6) is 0 Å². The molecule has 1 aliphatic heterocycles. The molecule has 21 heavy (non-hydrogen) atoms. The van der Waals surface area contributed by atoms with Crippen molar-refractivity contribution in [2.24, 2.45) is 5.73 Å². The lowest BCUT2D eigenvalue weighted by Crippen LogP contribution is -2.43. The summed E-state index contributed by atoms with van der Waals surface area (Å²) >= 11 is 0. The number of nitrogen functional groups attached to an aromatic ring is 1. The van der Waals surface area contributed by atoms with Crippen molar-refractivity contribution in [1.82, 2.24) is 19.9 Å². The van der Waals surface area contributed by atoms with Crippen LogP contribution in [-0.4, -0.2) is 66.2 Å². The van der Waals surface area contributed by atoms with E-state index in [0.717, 1.165) is 0 Å². The van der Waals surface area contributed by atoms with Gasteiger partial charge in [-0.3, -0.25) is 0 Å². The highest BCUT2D eigenvalue weighted by Crippen LogP contribution is 2.33. The van der Waals surface area contributed by atoms with Gasteiger partial charge >= 0.3 is 0 Å². The zero-order chi connectivity index (χ0) is 15.1. The molecule has 1 fully saturated rings. The molecule has 10 nitrogen and oxygen atoms in total. The van der Waals surface area contributed by atoms with Gasteiger partial charge in [-0.15, -0.1) is 0 Å². The predicted octanol–water partition coefficient (Wildman–Crippen LogP) is -2.58. The zero-order valence-electron chi connectivity index (χ0n) is 10.9. The summed E-state index contributed by atoms with van der Waals surface area (Å²) in [6.45, 7) is -0.553. The topological polar surface area (TPSA) is 176 Å². The van der Waals surface area contributed by atoms with E-state index < -0.39 is 37.1 Å². The third-order valence-electron chi connectivity index (χ3n) is 3.54. The number of anilines is 1. The van der Waals surface area contributed by atoms with Crippen LogP contribution >= 0.6 is 0 Å². The Morgan fingerprint density at radius 2 is 2.19 bits per heavy atom. The number of H-pyrrole nitrogens is 1. The molecule has 0 bridgehead atoms. The van der Waals surface area contributed by atoms with Gasteiger partial charge < -0.3 is 36.5 Å². The molecule has 2 aromatic rings. The SMILES string of the molecule is Nc1nc([C@@H]2O[C@H]([C@@H](O)CO)[C@H](O)[C@@H]2N)nc2nc[nH]c12. The molecule has 0 amide bonds. The normalized spacial score (nSPS) is 30.9. The molecular formula is C11H16N6O4. The Morgan fingerprint density at radius 3 is 2.90 bits per heavy atom. The largest absolute Gasteiger partial charge is 0.394 e. The molecule has 114 valence electrons. The third kappa shape index (κ3) is 2.22. The number of aromatic amines is 1. The summed E-state index contributed by atoms with van der Waals surface area (Å²) in [5.74, 6) is 0.357. The molecule has 0 aromatic carbocycles. The standard InChI is InChI=1S/C11H16N6O4/c12-4-6(20)7(3(19)1-18)21-8(4)11-16-9(13)5-10(17-11)15-2-14-5/h2-4,6-8,18-20H,1,12H2,(H3,13,14,15,16,17)/t3-,4-,6+,7+,8+/m0/s1. The van der Waals surface area contributed by atoms with Crippen molar-refractivity contribution < 1.29 is 20.1 Å². The summed E-state index contributed by atoms with van der Waals surface area (Å²) in [5.41, 5.74) is 12.5. The van der Waals surface area contributed by atoms with Crippen molar-refractivity contribution in [2.45, 2.75) is 30.5 Å². The molecule has 10 heteroatoms. The van der Waals surface area contributed by atoms with Gasteiger partial charge in [0.05, 0.1) is 19.0 Å². The number of hydrogen-bond donors (Lipinski definition) is 6. The maximum atomic E-state index is 10.0. The van der Waals surface area contributed by atoms with Gasteiger partial charge in [0, 0.05) is 0 Å². The molecule has 1 saturated heterocycles. The fourth-order valence-electron chi connectivity index (χ4n) is 2.39. The summed E-state index contributed by atoms with van der Waals surface area (Å²) in [6.07, 6.45) is -2.84. The first-order valence-corrected chi connectivity index (χ1v) is 6.37. The minimum Gasteiger partial charge on any atom is -0.394 e. The van der Waals surface area contributed by atoms with Crippen LogP contribution in [0.25, 0.3) is 11.2 Å². The van der Waals surface area contributed by atoms with Gasteiger partial charge in [0.2, 0.25) is 0 Å². The molecule has 0 radical (unpaired) electrons. The number of nitrogens with two attached hydrogens (primary N) is 2. The number of nitrogens with one attached hydrogen (secondary N) is 1. The van der Waals surface area contributed by atoms with Gasteiger partial charge in [-0.05, 0) is 0 Å². The fourth-order valence-corrected chi connectivity index (χ4v) is 2.39. The highest BCUT2D eigenvalue weighted by molar-refractivity contribution is 5.80. The van der Waals surface area contributed by atoms with Crippen molar-refractivity contribution in [1.29, 1.82) is 0 Å². The maximum Gasteiger partial charge on any atom is 0.183 e. The van der Waals surface area contributed by atoms with Crippen molar-refractivity contribution >= 4 is 17.0 Å². The van der Waals surface area contributed by atoms with E-state index in [1.165, 1.54) is 6.33 Å². The van der Waals surface area contributed by atoms with Gasteiger partial charge in [0.1, 0.15) is 29.9 Å². The number of aromatic nitrogens is 4. The highest BCUT2D eigenvalue weighted by atomic mass is 16.5. The van der Waals surface area contributed by atoms with Crippen LogP contribution < -0.4 is 11.5 Å². The van der Waals surface area contributed by atoms with E-state index in [9.17, 15) is 10.2 Å². The lowest BCUT2D eigenvalue weighted by atomic mass is 10.0. The van der Waals surface area contributed by atoms with Crippen LogP contribution in [-0.2, 0) is 4.74 Å². The average Bonchev–Trinajstić information content (AvgIpc) is 3.05. The van der Waals surface area contributed by atoms with Crippen LogP contribution in [0, 0.1) is 0 Å². The summed E-state index contributed by atoms with van der Waals surface area (Å²) in [5, 5.41) is 28.6. The van der Waals surface area contributed by atoms with Crippen LogP contribution in [0.3, 0.4) is 0 Å². The number of ether oxygens (including phenoxy) is 1. The summed E-state index contributed by atoms with van der Waals surface area (Å²) < 4.78 is 5.50. The van der Waals surface area contributed by atoms with E-state index in [0.29, 0.717) is 11.2 Å². The second-order valence-electron chi connectivity index (χ2n) is 4.91. The zero-order valence-corrected chi connectivity index (χ0v) is 10.9. The van der Waals surface area contributed by atoms with Gasteiger partial charge in [-0.1, -0.05) is 0 Å². The maximum absolute atomic E-state index is 10.0. The lowest BCUT2D eigenvalue weighted by Gasteiger charge is -2.18. The predicted molar refractivity (Wildman–Crippen MR) is 70.8 cm³/mol. The van der Waals surface area contributed by atoms with E-state index >= 15 is 0 Å². The Bertz CT molecular complexity index is 649. The van der Waals surface area contributed by atoms with Crippen molar-refractivity contribution in [3.63, 3.8) is 0 Å². The molecule has 2 aromatic heterocycles. The number of fused-ring (bicyclic) bond motifs is 1. The molecule has 5 atom stereocenters. The summed E-state index contributed by atoms with van der Waals surface area (Å²) in [7, 11) is 0. The van der Waals surface area contributed by atoms with Crippen LogP contribution in [0.1, 0.15) is 11.9 Å². The van der Waals surface area contributed by atoms with Crippen molar-refractivity contribution in [3.05, 3.63) is 12.2 Å². The molecule has 0 spiro atoms. The molecule has 0 aliphatic carbocycles. The number of aliphatic hydroxyl groups is 3. The Morgan fingerprint density at radius 1 is 1.43 bits per heavy atom. The first kappa shape index (κ1) is 14.1. The van der Waals surface area contributed by atoms with Crippen LogP contribution in [0.15, 0.2) is 6.33 Å². The van der Waals surface area contributed by atoms with Crippen molar-refractivity contribution in [3.8, 4) is 0 Å². The van der Waals surface area contributed by atoms with Crippen LogP contribution in [0.4, 0.5) is 5.82 Å². The molecule has 3 rings (SSSR count). The second-order valence-corrected chi connectivity index (χ2v) is 4.91. The van der Waals surface area contributed by atoms with Crippen molar-refractivity contribution in [2.75, 3.05) is 12.3 Å². The Hall–Kier alpha value is -1.85. The number of aliphatic hydroxyl groups excluding tert-OH is 3. The monoisotopic (exact) mass is 296 g/mol. The highest BCUT2D eigenvalue weighted by Gasteiger charge is 2.46. The molecule has 0 saturated carbocycles. The number of imidazole rings is 1. The first-order valence-electron chi connectivity index (χ1n) is 6.37. The van der Waals surface area contributed by atoms with E-state index in [2.05, 4.69) is 19.9 Å². The third-order valence-corrected chi connectivity index (χ3v) is 3.54. The molecule has 1 aliphatic rings. The summed E-state index contributed by atoms with van der Waals surface area (Å²) in [6, 6.07) is -0.855. The Balaban J connectivity index is 1.95. The number of rotatable bonds is 3. The molecule has 8 N–H and O–H groups in total. The number of nitrogens with zero attached hydrogens (tertiary/aromatic N) is 3. The second kappa shape index (κ2) is 5.16.